The summed E-state index contributed by atoms with van der Waals surface area (Å²) in [5.41, 5.74) is 1.45. The smallest absolute Gasteiger partial charge is 0.169 e. The summed E-state index contributed by atoms with van der Waals surface area (Å²) in [5.74, 6) is 1.48. The molecule has 112 valence electrons. The third-order valence-corrected chi connectivity index (χ3v) is 3.36. The van der Waals surface area contributed by atoms with Crippen LogP contribution in [0.5, 0.6) is 17.2 Å². The van der Waals surface area contributed by atoms with Crippen molar-refractivity contribution in [3.05, 3.63) is 52.5 Å². The van der Waals surface area contributed by atoms with Crippen LogP contribution in [0.2, 0.25) is 5.02 Å². The van der Waals surface area contributed by atoms with Crippen LogP contribution in [-0.2, 0) is 6.61 Å². The van der Waals surface area contributed by atoms with Gasteiger partial charge in [-0.3, -0.25) is 0 Å². The molecule has 0 aliphatic rings. The lowest BCUT2D eigenvalue weighted by molar-refractivity contribution is 0.199. The van der Waals surface area contributed by atoms with E-state index < -0.39 is 6.10 Å². The van der Waals surface area contributed by atoms with E-state index >= 15 is 0 Å². The molecule has 0 radical (unpaired) electrons. The van der Waals surface area contributed by atoms with E-state index in [0.29, 0.717) is 22.3 Å². The van der Waals surface area contributed by atoms with Gasteiger partial charge in [-0.05, 0) is 42.3 Å². The quantitative estimate of drug-likeness (QED) is 0.884. The highest BCUT2D eigenvalue weighted by molar-refractivity contribution is 6.32. The molecule has 0 amide bonds. The number of hydrogen-bond donors (Lipinski definition) is 2. The Hall–Kier alpha value is -1.75. The summed E-state index contributed by atoms with van der Waals surface area (Å²) in [4.78, 5) is 0. The second-order valence-corrected chi connectivity index (χ2v) is 5.02. The standard InChI is InChI=1S/C16H17ClO4/c1-10(19)12-4-6-14(13(17)8-12)21-15-5-3-11(9-18)7-16(15)20-2/h3-8,10,18-19H,9H2,1-2H3. The van der Waals surface area contributed by atoms with Crippen LogP contribution in [0.25, 0.3) is 0 Å². The Morgan fingerprint density at radius 2 is 1.81 bits per heavy atom. The van der Waals surface area contributed by atoms with Gasteiger partial charge in [0.15, 0.2) is 11.5 Å². The molecule has 0 saturated heterocycles. The number of benzene rings is 2. The van der Waals surface area contributed by atoms with Crippen LogP contribution < -0.4 is 9.47 Å². The molecule has 0 heterocycles. The Bertz CT molecular complexity index is 626. The van der Waals surface area contributed by atoms with Crippen molar-refractivity contribution in [2.45, 2.75) is 19.6 Å². The molecule has 0 saturated carbocycles. The van der Waals surface area contributed by atoms with Crippen LogP contribution in [0.4, 0.5) is 0 Å². The number of halogens is 1. The van der Waals surface area contributed by atoms with Crippen LogP contribution in [0, 0.1) is 0 Å². The topological polar surface area (TPSA) is 58.9 Å². The maximum absolute atomic E-state index is 9.53. The van der Waals surface area contributed by atoms with Gasteiger partial charge >= 0.3 is 0 Å². The maximum atomic E-state index is 9.53. The summed E-state index contributed by atoms with van der Waals surface area (Å²) in [6.07, 6.45) is -0.588. The average Bonchev–Trinajstić information content (AvgIpc) is 2.49. The van der Waals surface area contributed by atoms with Crippen molar-refractivity contribution >= 4 is 11.6 Å². The Morgan fingerprint density at radius 3 is 2.38 bits per heavy atom. The van der Waals surface area contributed by atoms with Gasteiger partial charge in [0.25, 0.3) is 0 Å². The molecule has 0 fully saturated rings. The highest BCUT2D eigenvalue weighted by Crippen LogP contribution is 2.36. The Morgan fingerprint density at radius 1 is 1.10 bits per heavy atom. The van der Waals surface area contributed by atoms with Gasteiger partial charge in [-0.1, -0.05) is 23.7 Å². The average molecular weight is 309 g/mol. The third kappa shape index (κ3) is 3.67. The second kappa shape index (κ2) is 6.80. The molecule has 0 spiro atoms. The lowest BCUT2D eigenvalue weighted by Crippen LogP contribution is -1.95. The summed E-state index contributed by atoms with van der Waals surface area (Å²) in [5, 5.41) is 19.1. The molecule has 0 aromatic heterocycles. The number of rotatable bonds is 5. The van der Waals surface area contributed by atoms with E-state index in [1.165, 1.54) is 7.11 Å². The summed E-state index contributed by atoms with van der Waals surface area (Å²) < 4.78 is 11.0. The first-order valence-electron chi connectivity index (χ1n) is 6.48. The van der Waals surface area contributed by atoms with Gasteiger partial charge in [0.05, 0.1) is 24.8 Å². The van der Waals surface area contributed by atoms with Gasteiger partial charge in [-0.25, -0.2) is 0 Å². The molecule has 0 aliphatic heterocycles. The normalized spacial score (nSPS) is 12.0. The molecule has 0 aliphatic carbocycles. The predicted octanol–water partition coefficient (Wildman–Crippen LogP) is 3.69. The Balaban J connectivity index is 2.29. The SMILES string of the molecule is COc1cc(CO)ccc1Oc1ccc(C(C)O)cc1Cl. The van der Waals surface area contributed by atoms with E-state index in [1.54, 1.807) is 43.3 Å². The minimum atomic E-state index is -0.588. The molecule has 2 N–H and O–H groups in total. The maximum Gasteiger partial charge on any atom is 0.169 e. The van der Waals surface area contributed by atoms with Gasteiger partial charge in [-0.2, -0.15) is 0 Å². The van der Waals surface area contributed by atoms with Gasteiger partial charge < -0.3 is 19.7 Å². The van der Waals surface area contributed by atoms with Gasteiger partial charge in [0.2, 0.25) is 0 Å². The largest absolute Gasteiger partial charge is 0.493 e. The van der Waals surface area contributed by atoms with E-state index in [1.807, 2.05) is 0 Å². The van der Waals surface area contributed by atoms with E-state index in [-0.39, 0.29) is 6.61 Å². The lowest BCUT2D eigenvalue weighted by Gasteiger charge is -2.13. The fraction of sp³-hybridized carbons (Fsp3) is 0.250. The van der Waals surface area contributed by atoms with Crippen molar-refractivity contribution < 1.29 is 19.7 Å². The number of ether oxygens (including phenoxy) is 2. The van der Waals surface area contributed by atoms with Crippen molar-refractivity contribution in [1.82, 2.24) is 0 Å². The van der Waals surface area contributed by atoms with E-state index in [2.05, 4.69) is 0 Å². The summed E-state index contributed by atoms with van der Waals surface area (Å²) in [6.45, 7) is 1.60. The molecule has 0 bridgehead atoms. The molecule has 21 heavy (non-hydrogen) atoms. The first-order chi connectivity index (χ1) is 10.0. The molecule has 2 rings (SSSR count). The number of hydrogen-bond acceptors (Lipinski definition) is 4. The lowest BCUT2D eigenvalue weighted by atomic mass is 10.1. The van der Waals surface area contributed by atoms with Crippen LogP contribution in [0.3, 0.4) is 0 Å². The second-order valence-electron chi connectivity index (χ2n) is 4.61. The van der Waals surface area contributed by atoms with Gasteiger partial charge in [0.1, 0.15) is 5.75 Å². The minimum Gasteiger partial charge on any atom is -0.493 e. The van der Waals surface area contributed by atoms with Crippen LogP contribution >= 0.6 is 11.6 Å². The van der Waals surface area contributed by atoms with Crippen molar-refractivity contribution in [3.63, 3.8) is 0 Å². The van der Waals surface area contributed by atoms with E-state index in [9.17, 15) is 5.11 Å². The summed E-state index contributed by atoms with van der Waals surface area (Å²) in [7, 11) is 1.53. The molecule has 2 aromatic carbocycles. The first kappa shape index (κ1) is 15.6. The molecular formula is C16H17ClO4. The molecule has 2 aromatic rings. The molecular weight excluding hydrogens is 292 g/mol. The van der Waals surface area contributed by atoms with Crippen LogP contribution in [0.15, 0.2) is 36.4 Å². The highest BCUT2D eigenvalue weighted by atomic mass is 35.5. The van der Waals surface area contributed by atoms with Crippen molar-refractivity contribution in [1.29, 1.82) is 0 Å². The van der Waals surface area contributed by atoms with Crippen LogP contribution in [-0.4, -0.2) is 17.3 Å². The molecule has 4 nitrogen and oxygen atoms in total. The molecule has 1 atom stereocenters. The van der Waals surface area contributed by atoms with Gasteiger partial charge in [0, 0.05) is 0 Å². The van der Waals surface area contributed by atoms with Crippen molar-refractivity contribution in [2.24, 2.45) is 0 Å². The Kier molecular flexibility index (Phi) is 5.07. The van der Waals surface area contributed by atoms with E-state index in [4.69, 9.17) is 26.2 Å². The first-order valence-corrected chi connectivity index (χ1v) is 6.86. The minimum absolute atomic E-state index is 0.0690. The molecule has 5 heteroatoms. The summed E-state index contributed by atoms with van der Waals surface area (Å²) in [6, 6.07) is 10.3. The van der Waals surface area contributed by atoms with Crippen molar-refractivity contribution in [2.75, 3.05) is 7.11 Å². The monoisotopic (exact) mass is 308 g/mol. The zero-order chi connectivity index (χ0) is 15.4. The molecule has 1 unspecified atom stereocenters. The van der Waals surface area contributed by atoms with Crippen molar-refractivity contribution in [3.8, 4) is 17.2 Å². The zero-order valence-corrected chi connectivity index (χ0v) is 12.6. The number of aliphatic hydroxyl groups is 2. The van der Waals surface area contributed by atoms with Gasteiger partial charge in [-0.15, -0.1) is 0 Å². The van der Waals surface area contributed by atoms with E-state index in [0.717, 1.165) is 11.1 Å². The Labute approximate surface area is 128 Å². The van der Waals surface area contributed by atoms with Crippen LogP contribution in [0.1, 0.15) is 24.2 Å². The zero-order valence-electron chi connectivity index (χ0n) is 11.8. The third-order valence-electron chi connectivity index (χ3n) is 3.07. The number of methoxy groups -OCH3 is 1. The fourth-order valence-electron chi connectivity index (χ4n) is 1.87. The summed E-state index contributed by atoms with van der Waals surface area (Å²) >= 11 is 6.16. The predicted molar refractivity (Wildman–Crippen MR) is 81.1 cm³/mol. The number of aliphatic hydroxyl groups excluding tert-OH is 2. The fourth-order valence-corrected chi connectivity index (χ4v) is 2.10. The highest BCUT2D eigenvalue weighted by Gasteiger charge is 2.11.